The first-order chi connectivity index (χ1) is 13.1. The van der Waals surface area contributed by atoms with Gasteiger partial charge in [-0.25, -0.2) is 0 Å². The van der Waals surface area contributed by atoms with E-state index in [2.05, 4.69) is 31.0 Å². The van der Waals surface area contributed by atoms with Crippen LogP contribution in [0.5, 0.6) is 0 Å². The fourth-order valence-electron chi connectivity index (χ4n) is 3.66. The Labute approximate surface area is 187 Å². The largest absolute Gasteiger partial charge is 0.378 e. The zero-order valence-corrected chi connectivity index (χ0v) is 20.3. The topological polar surface area (TPSA) is 66.4 Å². The number of hydrogen-bond acceptors (Lipinski definition) is 4. The molecule has 1 N–H and O–H groups in total. The maximum absolute atomic E-state index is 12.5. The Bertz CT molecular complexity index is 476. The minimum Gasteiger partial charge on any atom is -0.378 e. The van der Waals surface area contributed by atoms with Gasteiger partial charge in [0.05, 0.1) is 6.10 Å². The molecular formula is C20H39IN4O3. The standard InChI is InChI=1S/C20H38N4O3.HI/c1-5-21-20(22-10-9-17(16(3)4)26-6-2)24-13-11-23(12-14-24)19(25)18-8-7-15-27-18;/h16-18H,5-15H2,1-4H3,(H,21,22);1H. The third kappa shape index (κ3) is 7.67. The predicted octanol–water partition coefficient (Wildman–Crippen LogP) is 2.34. The third-order valence-corrected chi connectivity index (χ3v) is 5.23. The van der Waals surface area contributed by atoms with Crippen molar-refractivity contribution in [1.82, 2.24) is 15.1 Å². The molecule has 2 fully saturated rings. The number of piperazine rings is 1. The number of carbonyl (C=O) groups excluding carboxylic acids is 1. The molecule has 2 rings (SSSR count). The Morgan fingerprint density at radius 2 is 1.89 bits per heavy atom. The normalized spacial score (nSPS) is 21.6. The van der Waals surface area contributed by atoms with Gasteiger partial charge in [0.1, 0.15) is 6.10 Å². The lowest BCUT2D eigenvalue weighted by atomic mass is 10.0. The Hall–Kier alpha value is -0.610. The van der Waals surface area contributed by atoms with Crippen LogP contribution in [0.3, 0.4) is 0 Å². The van der Waals surface area contributed by atoms with Crippen LogP contribution in [0.1, 0.15) is 47.0 Å². The number of ether oxygens (including phenoxy) is 2. The molecule has 0 radical (unpaired) electrons. The number of aliphatic imine (C=N–C) groups is 1. The minimum absolute atomic E-state index is 0. The van der Waals surface area contributed by atoms with Gasteiger partial charge in [-0.2, -0.15) is 0 Å². The van der Waals surface area contributed by atoms with Crippen molar-refractivity contribution in [3.8, 4) is 0 Å². The number of halogens is 1. The van der Waals surface area contributed by atoms with Crippen molar-refractivity contribution in [2.24, 2.45) is 10.9 Å². The molecule has 7 nitrogen and oxygen atoms in total. The first-order valence-electron chi connectivity index (χ1n) is 10.6. The zero-order chi connectivity index (χ0) is 19.6. The molecule has 28 heavy (non-hydrogen) atoms. The van der Waals surface area contributed by atoms with Crippen LogP contribution in [0.15, 0.2) is 4.99 Å². The Kier molecular flexibility index (Phi) is 12.3. The third-order valence-electron chi connectivity index (χ3n) is 5.23. The van der Waals surface area contributed by atoms with Crippen molar-refractivity contribution >= 4 is 35.8 Å². The Balaban J connectivity index is 0.00000392. The molecule has 2 aliphatic heterocycles. The highest BCUT2D eigenvalue weighted by Crippen LogP contribution is 2.16. The lowest BCUT2D eigenvalue weighted by Gasteiger charge is -2.37. The molecule has 0 aromatic rings. The van der Waals surface area contributed by atoms with E-state index < -0.39 is 0 Å². The van der Waals surface area contributed by atoms with Gasteiger partial charge in [-0.05, 0) is 39.0 Å². The van der Waals surface area contributed by atoms with Gasteiger partial charge in [-0.1, -0.05) is 13.8 Å². The summed E-state index contributed by atoms with van der Waals surface area (Å²) >= 11 is 0. The maximum atomic E-state index is 12.5. The summed E-state index contributed by atoms with van der Waals surface area (Å²) in [4.78, 5) is 21.5. The summed E-state index contributed by atoms with van der Waals surface area (Å²) < 4.78 is 11.4. The molecule has 2 saturated heterocycles. The number of nitrogens with one attached hydrogen (secondary N) is 1. The number of carbonyl (C=O) groups is 1. The highest BCUT2D eigenvalue weighted by Gasteiger charge is 2.30. The van der Waals surface area contributed by atoms with Crippen LogP contribution in [-0.4, -0.2) is 86.4 Å². The van der Waals surface area contributed by atoms with Gasteiger partial charge in [-0.3, -0.25) is 9.79 Å². The minimum atomic E-state index is -0.218. The fraction of sp³-hybridized carbons (Fsp3) is 0.900. The van der Waals surface area contributed by atoms with Crippen LogP contribution in [0.25, 0.3) is 0 Å². The van der Waals surface area contributed by atoms with Gasteiger partial charge in [0.2, 0.25) is 0 Å². The van der Waals surface area contributed by atoms with Crippen molar-refractivity contribution in [2.45, 2.75) is 59.2 Å². The molecule has 0 bridgehead atoms. The Morgan fingerprint density at radius 1 is 1.21 bits per heavy atom. The average Bonchev–Trinajstić information content (AvgIpc) is 3.21. The Morgan fingerprint density at radius 3 is 2.43 bits per heavy atom. The number of hydrogen-bond donors (Lipinski definition) is 1. The SMILES string of the molecule is CCNC(=NCCC(OCC)C(C)C)N1CCN(C(=O)C2CCCO2)CC1.I. The van der Waals surface area contributed by atoms with Crippen LogP contribution >= 0.6 is 24.0 Å². The molecule has 0 aliphatic carbocycles. The van der Waals surface area contributed by atoms with Gasteiger partial charge in [0, 0.05) is 52.5 Å². The van der Waals surface area contributed by atoms with Gasteiger partial charge >= 0.3 is 0 Å². The molecule has 0 aromatic heterocycles. The number of nitrogens with zero attached hydrogens (tertiary/aromatic N) is 3. The first-order valence-corrected chi connectivity index (χ1v) is 10.6. The summed E-state index contributed by atoms with van der Waals surface area (Å²) in [6.07, 6.45) is 2.82. The van der Waals surface area contributed by atoms with Crippen molar-refractivity contribution in [3.63, 3.8) is 0 Å². The van der Waals surface area contributed by atoms with E-state index >= 15 is 0 Å². The molecule has 1 amide bonds. The molecule has 0 spiro atoms. The van der Waals surface area contributed by atoms with Crippen LogP contribution in [-0.2, 0) is 14.3 Å². The van der Waals surface area contributed by atoms with E-state index in [9.17, 15) is 4.79 Å². The number of amides is 1. The summed E-state index contributed by atoms with van der Waals surface area (Å²) in [6, 6.07) is 0. The smallest absolute Gasteiger partial charge is 0.251 e. The molecule has 164 valence electrons. The molecule has 0 saturated carbocycles. The van der Waals surface area contributed by atoms with E-state index in [4.69, 9.17) is 14.5 Å². The van der Waals surface area contributed by atoms with E-state index in [-0.39, 0.29) is 42.1 Å². The van der Waals surface area contributed by atoms with Crippen molar-refractivity contribution < 1.29 is 14.3 Å². The van der Waals surface area contributed by atoms with Crippen molar-refractivity contribution in [3.05, 3.63) is 0 Å². The van der Waals surface area contributed by atoms with Gasteiger partial charge < -0.3 is 24.6 Å². The highest BCUT2D eigenvalue weighted by atomic mass is 127. The zero-order valence-electron chi connectivity index (χ0n) is 18.0. The van der Waals surface area contributed by atoms with E-state index in [1.807, 2.05) is 11.8 Å². The van der Waals surface area contributed by atoms with Crippen molar-refractivity contribution in [1.29, 1.82) is 0 Å². The van der Waals surface area contributed by atoms with E-state index in [0.29, 0.717) is 12.5 Å². The molecule has 2 heterocycles. The second-order valence-corrected chi connectivity index (χ2v) is 7.58. The van der Waals surface area contributed by atoms with Gasteiger partial charge in [0.25, 0.3) is 5.91 Å². The summed E-state index contributed by atoms with van der Waals surface area (Å²) in [6.45, 7) is 14.6. The van der Waals surface area contributed by atoms with Crippen molar-refractivity contribution in [2.75, 3.05) is 52.5 Å². The summed E-state index contributed by atoms with van der Waals surface area (Å²) in [5.41, 5.74) is 0. The molecule has 2 unspecified atom stereocenters. The fourth-order valence-corrected chi connectivity index (χ4v) is 3.66. The highest BCUT2D eigenvalue weighted by molar-refractivity contribution is 14.0. The number of rotatable bonds is 8. The van der Waals surface area contributed by atoms with Crippen LogP contribution in [0.4, 0.5) is 0 Å². The monoisotopic (exact) mass is 510 g/mol. The summed E-state index contributed by atoms with van der Waals surface area (Å²) in [5, 5.41) is 3.39. The molecule has 2 aliphatic rings. The lowest BCUT2D eigenvalue weighted by molar-refractivity contribution is -0.142. The van der Waals surface area contributed by atoms with Crippen LogP contribution in [0, 0.1) is 5.92 Å². The predicted molar refractivity (Wildman–Crippen MR) is 123 cm³/mol. The molecule has 2 atom stereocenters. The molecule has 8 heteroatoms. The van der Waals surface area contributed by atoms with E-state index in [1.54, 1.807) is 0 Å². The summed E-state index contributed by atoms with van der Waals surface area (Å²) in [5.74, 6) is 1.60. The van der Waals surface area contributed by atoms with Crippen LogP contribution < -0.4 is 5.32 Å². The quantitative estimate of drug-likeness (QED) is 0.309. The van der Waals surface area contributed by atoms with Gasteiger partial charge in [-0.15, -0.1) is 24.0 Å². The maximum Gasteiger partial charge on any atom is 0.251 e. The molecule has 0 aromatic carbocycles. The molecular weight excluding hydrogens is 471 g/mol. The number of guanidine groups is 1. The second kappa shape index (κ2) is 13.6. The van der Waals surface area contributed by atoms with E-state index in [0.717, 1.165) is 71.1 Å². The van der Waals surface area contributed by atoms with Crippen LogP contribution in [0.2, 0.25) is 0 Å². The summed E-state index contributed by atoms with van der Waals surface area (Å²) in [7, 11) is 0. The lowest BCUT2D eigenvalue weighted by Crippen LogP contribution is -2.55. The average molecular weight is 510 g/mol. The van der Waals surface area contributed by atoms with Gasteiger partial charge in [0.15, 0.2) is 5.96 Å². The second-order valence-electron chi connectivity index (χ2n) is 7.58. The first kappa shape index (κ1) is 25.4. The van der Waals surface area contributed by atoms with E-state index in [1.165, 1.54) is 0 Å².